The predicted octanol–water partition coefficient (Wildman–Crippen LogP) is 5.86. The number of hydrogen-bond donors (Lipinski definition) is 1. The second kappa shape index (κ2) is 10.1. The van der Waals surface area contributed by atoms with Gasteiger partial charge in [0.05, 0.1) is 23.5 Å². The third-order valence-electron chi connectivity index (χ3n) is 4.30. The molecule has 0 aliphatic carbocycles. The van der Waals surface area contributed by atoms with Gasteiger partial charge in [0.25, 0.3) is 0 Å². The van der Waals surface area contributed by atoms with Crippen LogP contribution in [0.2, 0.25) is 5.02 Å². The zero-order chi connectivity index (χ0) is 21.5. The van der Waals surface area contributed by atoms with E-state index >= 15 is 0 Å². The van der Waals surface area contributed by atoms with E-state index in [1.54, 1.807) is 36.8 Å². The van der Waals surface area contributed by atoms with Crippen LogP contribution < -0.4 is 19.6 Å². The summed E-state index contributed by atoms with van der Waals surface area (Å²) < 4.78 is 18.0. The van der Waals surface area contributed by atoms with E-state index in [-0.39, 0.29) is 0 Å². The van der Waals surface area contributed by atoms with Gasteiger partial charge in [-0.25, -0.2) is 4.98 Å². The highest BCUT2D eigenvalue weighted by Gasteiger charge is 2.06. The number of ether oxygens (including phenoxy) is 3. The van der Waals surface area contributed by atoms with Gasteiger partial charge in [0.2, 0.25) is 5.13 Å². The average molecular weight is 454 g/mol. The molecular weight excluding hydrogens is 434 g/mol. The average Bonchev–Trinajstić information content (AvgIpc) is 3.21. The molecule has 0 aliphatic rings. The van der Waals surface area contributed by atoms with Crippen LogP contribution in [0.3, 0.4) is 0 Å². The van der Waals surface area contributed by atoms with E-state index in [9.17, 15) is 0 Å². The number of fused-ring (bicyclic) bond motifs is 1. The number of halogens is 1. The molecule has 1 N–H and O–H groups in total. The lowest BCUT2D eigenvalue weighted by Gasteiger charge is -2.11. The zero-order valence-electron chi connectivity index (χ0n) is 16.7. The Morgan fingerprint density at radius 1 is 1.00 bits per heavy atom. The van der Waals surface area contributed by atoms with Crippen molar-refractivity contribution in [3.63, 3.8) is 0 Å². The molecule has 1 aromatic heterocycles. The first kappa shape index (κ1) is 21.0. The van der Waals surface area contributed by atoms with E-state index in [0.29, 0.717) is 29.7 Å². The third-order valence-corrected chi connectivity index (χ3v) is 5.49. The van der Waals surface area contributed by atoms with Crippen molar-refractivity contribution in [3.05, 3.63) is 77.3 Å². The van der Waals surface area contributed by atoms with E-state index in [4.69, 9.17) is 25.8 Å². The number of nitrogens with one attached hydrogen (secondary N) is 1. The molecule has 0 saturated carbocycles. The fourth-order valence-corrected chi connectivity index (χ4v) is 3.75. The number of thiazole rings is 1. The largest absolute Gasteiger partial charge is 0.497 e. The quantitative estimate of drug-likeness (QED) is 0.195. The lowest BCUT2D eigenvalue weighted by molar-refractivity contribution is 0.217. The Hall–Kier alpha value is -3.29. The molecule has 0 radical (unpaired) electrons. The summed E-state index contributed by atoms with van der Waals surface area (Å²) in [5.41, 5.74) is 4.70. The number of methoxy groups -OCH3 is 1. The number of nitrogens with zero attached hydrogens (tertiary/aromatic N) is 2. The lowest BCUT2D eigenvalue weighted by Crippen LogP contribution is -2.10. The van der Waals surface area contributed by atoms with Crippen molar-refractivity contribution in [2.75, 3.05) is 25.7 Å². The summed E-state index contributed by atoms with van der Waals surface area (Å²) in [5, 5.41) is 5.71. The molecule has 158 valence electrons. The van der Waals surface area contributed by atoms with Crippen molar-refractivity contribution < 1.29 is 14.2 Å². The summed E-state index contributed by atoms with van der Waals surface area (Å²) in [4.78, 5) is 4.51. The Labute approximate surface area is 189 Å². The normalized spacial score (nSPS) is 11.0. The molecule has 0 fully saturated rings. The van der Waals surface area contributed by atoms with E-state index in [0.717, 1.165) is 26.7 Å². The Balaban J connectivity index is 1.38. The lowest BCUT2D eigenvalue weighted by atomic mass is 10.2. The first-order valence-corrected chi connectivity index (χ1v) is 10.7. The van der Waals surface area contributed by atoms with Gasteiger partial charge in [-0.15, -0.1) is 0 Å². The summed E-state index contributed by atoms with van der Waals surface area (Å²) >= 11 is 7.43. The molecule has 4 aromatic rings. The van der Waals surface area contributed by atoms with Gasteiger partial charge in [0.15, 0.2) is 0 Å². The second-order valence-corrected chi connectivity index (χ2v) is 7.88. The fourth-order valence-electron chi connectivity index (χ4n) is 2.80. The molecular formula is C23H20ClN3O3S. The standard InChI is InChI=1S/C23H20ClN3O3S/c1-28-19-10-11-21(30-13-12-29-18-8-6-17(24)7-9-18)16(14-19)15-25-27-23-26-20-4-2-3-5-22(20)31-23/h2-11,14-15H,12-13H2,1H3,(H,26,27). The van der Waals surface area contributed by atoms with Crippen LogP contribution in [0.4, 0.5) is 5.13 Å². The number of hydrogen-bond acceptors (Lipinski definition) is 7. The zero-order valence-corrected chi connectivity index (χ0v) is 18.3. The fraction of sp³-hybridized carbons (Fsp3) is 0.130. The van der Waals surface area contributed by atoms with E-state index < -0.39 is 0 Å². The number of benzene rings is 3. The molecule has 6 nitrogen and oxygen atoms in total. The molecule has 3 aromatic carbocycles. The van der Waals surface area contributed by atoms with Crippen molar-refractivity contribution >= 4 is 44.5 Å². The number of anilines is 1. The van der Waals surface area contributed by atoms with Gasteiger partial charge in [-0.3, -0.25) is 5.43 Å². The van der Waals surface area contributed by atoms with Crippen molar-refractivity contribution in [3.8, 4) is 17.2 Å². The van der Waals surface area contributed by atoms with Crippen LogP contribution in [0.15, 0.2) is 71.8 Å². The molecule has 0 bridgehead atoms. The molecule has 31 heavy (non-hydrogen) atoms. The summed E-state index contributed by atoms with van der Waals surface area (Å²) in [5.74, 6) is 2.13. The van der Waals surface area contributed by atoms with Crippen LogP contribution in [-0.4, -0.2) is 31.5 Å². The third kappa shape index (κ3) is 5.65. The number of rotatable bonds is 9. The Bertz CT molecular complexity index is 1150. The minimum absolute atomic E-state index is 0.376. The van der Waals surface area contributed by atoms with Gasteiger partial charge < -0.3 is 14.2 Å². The summed E-state index contributed by atoms with van der Waals surface area (Å²) in [6.07, 6.45) is 1.68. The molecule has 1 heterocycles. The van der Waals surface area contributed by atoms with Crippen LogP contribution >= 0.6 is 22.9 Å². The smallest absolute Gasteiger partial charge is 0.204 e. The number of para-hydroxylation sites is 1. The molecule has 0 saturated heterocycles. The maximum absolute atomic E-state index is 5.89. The monoisotopic (exact) mass is 453 g/mol. The highest BCUT2D eigenvalue weighted by Crippen LogP contribution is 2.26. The Morgan fingerprint density at radius 2 is 1.77 bits per heavy atom. The van der Waals surface area contributed by atoms with E-state index in [1.807, 2.05) is 54.6 Å². The highest BCUT2D eigenvalue weighted by molar-refractivity contribution is 7.22. The van der Waals surface area contributed by atoms with E-state index in [2.05, 4.69) is 15.5 Å². The molecule has 0 atom stereocenters. The van der Waals surface area contributed by atoms with Crippen molar-refractivity contribution in [1.82, 2.24) is 4.98 Å². The van der Waals surface area contributed by atoms with Gasteiger partial charge in [-0.05, 0) is 54.6 Å². The molecule has 4 rings (SSSR count). The van der Waals surface area contributed by atoms with Crippen LogP contribution in [0.1, 0.15) is 5.56 Å². The molecule has 0 aliphatic heterocycles. The van der Waals surface area contributed by atoms with Crippen molar-refractivity contribution in [1.29, 1.82) is 0 Å². The maximum atomic E-state index is 5.89. The molecule has 8 heteroatoms. The second-order valence-electron chi connectivity index (χ2n) is 6.41. The Morgan fingerprint density at radius 3 is 2.58 bits per heavy atom. The highest BCUT2D eigenvalue weighted by atomic mass is 35.5. The summed E-state index contributed by atoms with van der Waals surface area (Å²) in [6, 6.07) is 20.7. The first-order valence-electron chi connectivity index (χ1n) is 9.55. The summed E-state index contributed by atoms with van der Waals surface area (Å²) in [7, 11) is 1.62. The van der Waals surface area contributed by atoms with Gasteiger partial charge >= 0.3 is 0 Å². The van der Waals surface area contributed by atoms with Crippen LogP contribution in [0.25, 0.3) is 10.2 Å². The Kier molecular flexibility index (Phi) is 6.86. The van der Waals surface area contributed by atoms with Gasteiger partial charge in [-0.1, -0.05) is 35.1 Å². The predicted molar refractivity (Wildman–Crippen MR) is 126 cm³/mol. The van der Waals surface area contributed by atoms with Gasteiger partial charge in [0, 0.05) is 10.6 Å². The van der Waals surface area contributed by atoms with Gasteiger partial charge in [-0.2, -0.15) is 5.10 Å². The maximum Gasteiger partial charge on any atom is 0.204 e. The molecule has 0 amide bonds. The van der Waals surface area contributed by atoms with Crippen LogP contribution in [-0.2, 0) is 0 Å². The van der Waals surface area contributed by atoms with Crippen LogP contribution in [0.5, 0.6) is 17.2 Å². The number of aromatic nitrogens is 1. The SMILES string of the molecule is COc1ccc(OCCOc2ccc(Cl)cc2)c(C=NNc2nc3ccccc3s2)c1. The summed E-state index contributed by atoms with van der Waals surface area (Å²) in [6.45, 7) is 0.773. The topological polar surface area (TPSA) is 65.0 Å². The molecule has 0 spiro atoms. The van der Waals surface area contributed by atoms with E-state index in [1.165, 1.54) is 0 Å². The molecule has 0 unspecified atom stereocenters. The van der Waals surface area contributed by atoms with Gasteiger partial charge in [0.1, 0.15) is 30.5 Å². The number of hydrazone groups is 1. The van der Waals surface area contributed by atoms with Crippen LogP contribution in [0, 0.1) is 0 Å². The minimum atomic E-state index is 0.376. The first-order chi connectivity index (χ1) is 15.2. The minimum Gasteiger partial charge on any atom is -0.497 e. The van der Waals surface area contributed by atoms with Crippen molar-refractivity contribution in [2.45, 2.75) is 0 Å². The van der Waals surface area contributed by atoms with Crippen molar-refractivity contribution in [2.24, 2.45) is 5.10 Å².